The average molecular weight is 237 g/mol. The smallest absolute Gasteiger partial charge is 0.277 e. The van der Waals surface area contributed by atoms with Gasteiger partial charge in [-0.15, -0.1) is 6.58 Å². The second-order valence-electron chi connectivity index (χ2n) is 3.54. The molecule has 0 aromatic carbocycles. The third-order valence-electron chi connectivity index (χ3n) is 2.30. The van der Waals surface area contributed by atoms with Crippen molar-refractivity contribution in [3.05, 3.63) is 40.6 Å². The molecular formula is C11H15N3O3. The van der Waals surface area contributed by atoms with Crippen LogP contribution in [0.15, 0.2) is 24.9 Å². The number of aliphatic hydroxyl groups excluding tert-OH is 1. The van der Waals surface area contributed by atoms with E-state index >= 15 is 0 Å². The van der Waals surface area contributed by atoms with Gasteiger partial charge in [0.1, 0.15) is 5.82 Å². The first-order valence-corrected chi connectivity index (χ1v) is 5.18. The zero-order valence-corrected chi connectivity index (χ0v) is 9.67. The molecule has 92 valence electrons. The predicted molar refractivity (Wildman–Crippen MR) is 65.1 cm³/mol. The lowest BCUT2D eigenvalue weighted by Gasteiger charge is -2.20. The molecule has 0 amide bonds. The number of pyridine rings is 1. The lowest BCUT2D eigenvalue weighted by Crippen LogP contribution is -2.27. The SMILES string of the molecule is C=CCN(CCO)c1cc([N+](=O)[O-])c(C)cn1. The van der Waals surface area contributed by atoms with Gasteiger partial charge in [-0.25, -0.2) is 4.98 Å². The highest BCUT2D eigenvalue weighted by Crippen LogP contribution is 2.22. The van der Waals surface area contributed by atoms with Crippen molar-refractivity contribution >= 4 is 11.5 Å². The summed E-state index contributed by atoms with van der Waals surface area (Å²) in [7, 11) is 0. The van der Waals surface area contributed by atoms with Crippen molar-refractivity contribution in [2.75, 3.05) is 24.6 Å². The van der Waals surface area contributed by atoms with Gasteiger partial charge in [0.15, 0.2) is 0 Å². The number of nitro groups is 1. The molecule has 6 heteroatoms. The fraction of sp³-hybridized carbons (Fsp3) is 0.364. The fourth-order valence-corrected chi connectivity index (χ4v) is 1.45. The van der Waals surface area contributed by atoms with Crippen LogP contribution in [0.3, 0.4) is 0 Å². The molecule has 0 fully saturated rings. The molecule has 0 unspecified atom stereocenters. The number of aromatic nitrogens is 1. The molecule has 17 heavy (non-hydrogen) atoms. The number of aryl methyl sites for hydroxylation is 1. The van der Waals surface area contributed by atoms with Gasteiger partial charge in [-0.2, -0.15) is 0 Å². The number of anilines is 1. The van der Waals surface area contributed by atoms with Crippen LogP contribution in [0.25, 0.3) is 0 Å². The van der Waals surface area contributed by atoms with Crippen LogP contribution in [0.5, 0.6) is 0 Å². The predicted octanol–water partition coefficient (Wildman–Crippen LogP) is 1.28. The molecule has 1 heterocycles. The number of hydrogen-bond donors (Lipinski definition) is 1. The van der Waals surface area contributed by atoms with Gasteiger partial charge >= 0.3 is 0 Å². The van der Waals surface area contributed by atoms with E-state index in [0.717, 1.165) is 0 Å². The molecule has 0 aliphatic carbocycles. The van der Waals surface area contributed by atoms with E-state index in [0.29, 0.717) is 24.5 Å². The second kappa shape index (κ2) is 5.95. The average Bonchev–Trinajstić information content (AvgIpc) is 2.29. The second-order valence-corrected chi connectivity index (χ2v) is 3.54. The van der Waals surface area contributed by atoms with E-state index in [4.69, 9.17) is 5.11 Å². The first kappa shape index (κ1) is 13.1. The molecular weight excluding hydrogens is 222 g/mol. The highest BCUT2D eigenvalue weighted by molar-refractivity contribution is 5.50. The molecule has 0 spiro atoms. The van der Waals surface area contributed by atoms with Gasteiger partial charge in [0.05, 0.1) is 17.6 Å². The number of rotatable bonds is 6. The third-order valence-corrected chi connectivity index (χ3v) is 2.30. The summed E-state index contributed by atoms with van der Waals surface area (Å²) >= 11 is 0. The van der Waals surface area contributed by atoms with Crippen LogP contribution < -0.4 is 4.90 Å². The first-order valence-electron chi connectivity index (χ1n) is 5.18. The Morgan fingerprint density at radius 2 is 2.41 bits per heavy atom. The molecule has 0 saturated heterocycles. The minimum atomic E-state index is -0.439. The van der Waals surface area contributed by atoms with Gasteiger partial charge in [-0.3, -0.25) is 10.1 Å². The summed E-state index contributed by atoms with van der Waals surface area (Å²) in [6.45, 7) is 6.03. The summed E-state index contributed by atoms with van der Waals surface area (Å²) in [5.74, 6) is 0.469. The number of aliphatic hydroxyl groups is 1. The zero-order valence-electron chi connectivity index (χ0n) is 9.67. The first-order chi connectivity index (χ1) is 8.10. The van der Waals surface area contributed by atoms with Crippen molar-refractivity contribution in [2.24, 2.45) is 0 Å². The van der Waals surface area contributed by atoms with Crippen molar-refractivity contribution in [3.8, 4) is 0 Å². The van der Waals surface area contributed by atoms with Gasteiger partial charge < -0.3 is 10.0 Å². The van der Waals surface area contributed by atoms with E-state index in [1.165, 1.54) is 12.3 Å². The number of nitrogens with zero attached hydrogens (tertiary/aromatic N) is 3. The highest BCUT2D eigenvalue weighted by Gasteiger charge is 2.15. The Bertz CT molecular complexity index is 420. The lowest BCUT2D eigenvalue weighted by atomic mass is 10.2. The number of hydrogen-bond acceptors (Lipinski definition) is 5. The molecule has 0 saturated carbocycles. The molecule has 6 nitrogen and oxygen atoms in total. The molecule has 0 aliphatic rings. The van der Waals surface area contributed by atoms with Crippen LogP contribution in [0.1, 0.15) is 5.56 Å². The molecule has 0 bridgehead atoms. The summed E-state index contributed by atoms with van der Waals surface area (Å²) in [6.07, 6.45) is 3.12. The van der Waals surface area contributed by atoms with Crippen molar-refractivity contribution in [1.82, 2.24) is 4.98 Å². The van der Waals surface area contributed by atoms with Gasteiger partial charge in [0.25, 0.3) is 5.69 Å². The van der Waals surface area contributed by atoms with E-state index in [1.54, 1.807) is 17.9 Å². The quantitative estimate of drug-likeness (QED) is 0.458. The lowest BCUT2D eigenvalue weighted by molar-refractivity contribution is -0.385. The Hall–Kier alpha value is -1.95. The largest absolute Gasteiger partial charge is 0.395 e. The molecule has 1 aromatic rings. The van der Waals surface area contributed by atoms with E-state index in [9.17, 15) is 10.1 Å². The Kier molecular flexibility index (Phi) is 4.59. The van der Waals surface area contributed by atoms with Crippen LogP contribution in [-0.4, -0.2) is 34.7 Å². The Morgan fingerprint density at radius 1 is 1.71 bits per heavy atom. The standard InChI is InChI=1S/C11H15N3O3/c1-3-4-13(5-6-15)11-7-10(14(16)17)9(2)8-12-11/h3,7-8,15H,1,4-6H2,2H3. The van der Waals surface area contributed by atoms with E-state index in [-0.39, 0.29) is 12.3 Å². The maximum absolute atomic E-state index is 10.8. The van der Waals surface area contributed by atoms with Crippen molar-refractivity contribution in [3.63, 3.8) is 0 Å². The summed E-state index contributed by atoms with van der Waals surface area (Å²) < 4.78 is 0. The van der Waals surface area contributed by atoms with Crippen molar-refractivity contribution in [2.45, 2.75) is 6.92 Å². The fourth-order valence-electron chi connectivity index (χ4n) is 1.45. The molecule has 0 atom stereocenters. The highest BCUT2D eigenvalue weighted by atomic mass is 16.6. The van der Waals surface area contributed by atoms with Gasteiger partial charge in [0, 0.05) is 24.8 Å². The minimum Gasteiger partial charge on any atom is -0.395 e. The Balaban J connectivity index is 3.07. The summed E-state index contributed by atoms with van der Waals surface area (Å²) in [6, 6.07) is 1.41. The third kappa shape index (κ3) is 3.25. The van der Waals surface area contributed by atoms with Crippen LogP contribution in [0.4, 0.5) is 11.5 Å². The molecule has 1 N–H and O–H groups in total. The molecule has 1 aromatic heterocycles. The van der Waals surface area contributed by atoms with E-state index < -0.39 is 4.92 Å². The topological polar surface area (TPSA) is 79.5 Å². The summed E-state index contributed by atoms with van der Waals surface area (Å²) in [5.41, 5.74) is 0.545. The maximum atomic E-state index is 10.8. The monoisotopic (exact) mass is 237 g/mol. The van der Waals surface area contributed by atoms with Crippen molar-refractivity contribution < 1.29 is 10.0 Å². The Morgan fingerprint density at radius 3 is 2.94 bits per heavy atom. The summed E-state index contributed by atoms with van der Waals surface area (Å²) in [4.78, 5) is 16.2. The van der Waals surface area contributed by atoms with Gasteiger partial charge in [-0.05, 0) is 6.92 Å². The van der Waals surface area contributed by atoms with Gasteiger partial charge in [-0.1, -0.05) is 6.08 Å². The zero-order chi connectivity index (χ0) is 12.8. The van der Waals surface area contributed by atoms with Crippen LogP contribution >= 0.6 is 0 Å². The normalized spacial score (nSPS) is 10.0. The molecule has 0 radical (unpaired) electrons. The molecule has 1 rings (SSSR count). The van der Waals surface area contributed by atoms with E-state index in [2.05, 4.69) is 11.6 Å². The van der Waals surface area contributed by atoms with Crippen LogP contribution in [0.2, 0.25) is 0 Å². The maximum Gasteiger partial charge on any atom is 0.277 e. The van der Waals surface area contributed by atoms with Crippen LogP contribution in [-0.2, 0) is 0 Å². The van der Waals surface area contributed by atoms with E-state index in [1.807, 2.05) is 0 Å². The van der Waals surface area contributed by atoms with Crippen LogP contribution in [0, 0.1) is 17.0 Å². The minimum absolute atomic E-state index is 0.0296. The van der Waals surface area contributed by atoms with Gasteiger partial charge in [0.2, 0.25) is 0 Å². The Labute approximate surface area is 99.4 Å². The van der Waals surface area contributed by atoms with Crippen molar-refractivity contribution in [1.29, 1.82) is 0 Å². The molecule has 0 aliphatic heterocycles. The summed E-state index contributed by atoms with van der Waals surface area (Å²) in [5, 5.41) is 19.7.